The summed E-state index contributed by atoms with van der Waals surface area (Å²) in [7, 11) is 3.18. The highest BCUT2D eigenvalue weighted by molar-refractivity contribution is 6.04. The summed E-state index contributed by atoms with van der Waals surface area (Å²) >= 11 is 0. The van der Waals surface area contributed by atoms with Gasteiger partial charge in [0.05, 0.1) is 26.5 Å². The average Bonchev–Trinajstić information content (AvgIpc) is 2.76. The SMILES string of the molecule is CCC(=O)Nc1ccc(CN2N=C(c3ccc(OC)c(OC)c3)CCC2=O)cc1. The third-order valence-electron chi connectivity index (χ3n) is 4.71. The van der Waals surface area contributed by atoms with Gasteiger partial charge < -0.3 is 14.8 Å². The third-order valence-corrected chi connectivity index (χ3v) is 4.71. The van der Waals surface area contributed by atoms with Gasteiger partial charge in [0.1, 0.15) is 0 Å². The summed E-state index contributed by atoms with van der Waals surface area (Å²) in [6.45, 7) is 2.18. The second-order valence-corrected chi connectivity index (χ2v) is 6.67. The number of hydrogen-bond donors (Lipinski definition) is 1. The Balaban J connectivity index is 1.77. The van der Waals surface area contributed by atoms with Gasteiger partial charge in [-0.25, -0.2) is 5.01 Å². The molecule has 29 heavy (non-hydrogen) atoms. The monoisotopic (exact) mass is 395 g/mol. The van der Waals surface area contributed by atoms with E-state index in [9.17, 15) is 9.59 Å². The Labute approximate surface area is 170 Å². The van der Waals surface area contributed by atoms with Crippen LogP contribution in [0.1, 0.15) is 37.3 Å². The molecule has 0 atom stereocenters. The molecule has 7 nitrogen and oxygen atoms in total. The van der Waals surface area contributed by atoms with Crippen molar-refractivity contribution in [1.29, 1.82) is 0 Å². The van der Waals surface area contributed by atoms with Crippen LogP contribution >= 0.6 is 0 Å². The van der Waals surface area contributed by atoms with Crippen molar-refractivity contribution in [3.05, 3.63) is 53.6 Å². The first-order valence-electron chi connectivity index (χ1n) is 9.53. The molecule has 2 aromatic rings. The summed E-state index contributed by atoms with van der Waals surface area (Å²) < 4.78 is 10.6. The molecule has 0 saturated carbocycles. The Morgan fingerprint density at radius 2 is 1.79 bits per heavy atom. The topological polar surface area (TPSA) is 80.2 Å². The molecule has 1 heterocycles. The predicted molar refractivity (Wildman–Crippen MR) is 111 cm³/mol. The van der Waals surface area contributed by atoms with Crippen molar-refractivity contribution < 1.29 is 19.1 Å². The smallest absolute Gasteiger partial charge is 0.243 e. The van der Waals surface area contributed by atoms with E-state index in [0.717, 1.165) is 22.5 Å². The Bertz CT molecular complexity index is 922. The Morgan fingerprint density at radius 1 is 1.07 bits per heavy atom. The quantitative estimate of drug-likeness (QED) is 0.777. The normalized spacial score (nSPS) is 13.7. The summed E-state index contributed by atoms with van der Waals surface area (Å²) in [6, 6.07) is 13.1. The maximum Gasteiger partial charge on any atom is 0.243 e. The maximum absolute atomic E-state index is 12.4. The van der Waals surface area contributed by atoms with Gasteiger partial charge in [-0.15, -0.1) is 0 Å². The van der Waals surface area contributed by atoms with E-state index >= 15 is 0 Å². The van der Waals surface area contributed by atoms with Gasteiger partial charge >= 0.3 is 0 Å². The van der Waals surface area contributed by atoms with Crippen LogP contribution in [-0.4, -0.2) is 36.8 Å². The molecule has 0 radical (unpaired) electrons. The van der Waals surface area contributed by atoms with E-state index in [1.807, 2.05) is 42.5 Å². The molecule has 2 aromatic carbocycles. The van der Waals surface area contributed by atoms with Crippen molar-refractivity contribution >= 4 is 23.2 Å². The number of carbonyl (C=O) groups is 2. The minimum Gasteiger partial charge on any atom is -0.493 e. The van der Waals surface area contributed by atoms with Gasteiger partial charge in [0.15, 0.2) is 11.5 Å². The number of nitrogens with zero attached hydrogens (tertiary/aromatic N) is 2. The lowest BCUT2D eigenvalue weighted by atomic mass is 10.0. The number of benzene rings is 2. The highest BCUT2D eigenvalue weighted by Gasteiger charge is 2.22. The van der Waals surface area contributed by atoms with E-state index in [0.29, 0.717) is 37.3 Å². The van der Waals surface area contributed by atoms with E-state index in [2.05, 4.69) is 10.4 Å². The van der Waals surface area contributed by atoms with Gasteiger partial charge in [-0.1, -0.05) is 19.1 Å². The van der Waals surface area contributed by atoms with Crippen LogP contribution in [0.5, 0.6) is 11.5 Å². The highest BCUT2D eigenvalue weighted by Crippen LogP contribution is 2.29. The molecule has 1 N–H and O–H groups in total. The second-order valence-electron chi connectivity index (χ2n) is 6.67. The fourth-order valence-electron chi connectivity index (χ4n) is 3.06. The molecule has 1 aliphatic rings. The van der Waals surface area contributed by atoms with Crippen molar-refractivity contribution in [3.8, 4) is 11.5 Å². The molecule has 1 aliphatic heterocycles. The summed E-state index contributed by atoms with van der Waals surface area (Å²) in [6.07, 6.45) is 1.41. The lowest BCUT2D eigenvalue weighted by Crippen LogP contribution is -2.31. The largest absolute Gasteiger partial charge is 0.493 e. The van der Waals surface area contributed by atoms with Crippen molar-refractivity contribution in [2.45, 2.75) is 32.7 Å². The summed E-state index contributed by atoms with van der Waals surface area (Å²) in [4.78, 5) is 23.9. The lowest BCUT2D eigenvalue weighted by molar-refractivity contribution is -0.132. The van der Waals surface area contributed by atoms with Crippen molar-refractivity contribution in [3.63, 3.8) is 0 Å². The minimum atomic E-state index is -0.0341. The number of hydrogen-bond acceptors (Lipinski definition) is 5. The second kappa shape index (κ2) is 9.23. The first-order valence-corrected chi connectivity index (χ1v) is 9.53. The first-order chi connectivity index (χ1) is 14.0. The third kappa shape index (κ3) is 4.93. The summed E-state index contributed by atoms with van der Waals surface area (Å²) in [5.41, 5.74) is 3.40. The first kappa shape index (κ1) is 20.4. The Kier molecular flexibility index (Phi) is 6.49. The molecule has 0 fully saturated rings. The van der Waals surface area contributed by atoms with E-state index in [-0.39, 0.29) is 11.8 Å². The molecule has 0 aromatic heterocycles. The van der Waals surface area contributed by atoms with Crippen LogP contribution in [0.4, 0.5) is 5.69 Å². The van der Waals surface area contributed by atoms with Crippen LogP contribution in [0.2, 0.25) is 0 Å². The molecule has 2 amide bonds. The zero-order chi connectivity index (χ0) is 20.8. The fraction of sp³-hybridized carbons (Fsp3) is 0.318. The molecule has 0 saturated heterocycles. The van der Waals surface area contributed by atoms with Crippen LogP contribution in [0.15, 0.2) is 47.6 Å². The molecular formula is C22H25N3O4. The standard InChI is InChI=1S/C22H25N3O4/c1-4-21(26)23-17-8-5-15(6-9-17)14-25-22(27)12-10-18(24-25)16-7-11-19(28-2)20(13-16)29-3/h5-9,11,13H,4,10,12,14H2,1-3H3,(H,23,26). The van der Waals surface area contributed by atoms with Gasteiger partial charge in [0.25, 0.3) is 0 Å². The number of nitrogens with one attached hydrogen (secondary N) is 1. The molecule has 0 bridgehead atoms. The van der Waals surface area contributed by atoms with Crippen molar-refractivity contribution in [2.75, 3.05) is 19.5 Å². The molecular weight excluding hydrogens is 370 g/mol. The number of amides is 2. The molecule has 7 heteroatoms. The Hall–Kier alpha value is -3.35. The van der Waals surface area contributed by atoms with Crippen molar-refractivity contribution in [2.24, 2.45) is 5.10 Å². The number of hydrazone groups is 1. The van der Waals surface area contributed by atoms with Crippen LogP contribution in [-0.2, 0) is 16.1 Å². The molecule has 0 spiro atoms. The van der Waals surface area contributed by atoms with Crippen molar-refractivity contribution in [1.82, 2.24) is 5.01 Å². The van der Waals surface area contributed by atoms with E-state index in [4.69, 9.17) is 9.47 Å². The number of methoxy groups -OCH3 is 2. The van der Waals surface area contributed by atoms with E-state index in [1.54, 1.807) is 21.1 Å². The van der Waals surface area contributed by atoms with E-state index < -0.39 is 0 Å². The average molecular weight is 395 g/mol. The van der Waals surface area contributed by atoms with Gasteiger partial charge in [-0.05, 0) is 35.9 Å². The number of ether oxygens (including phenoxy) is 2. The zero-order valence-electron chi connectivity index (χ0n) is 16.9. The molecule has 0 aliphatic carbocycles. The highest BCUT2D eigenvalue weighted by atomic mass is 16.5. The lowest BCUT2D eigenvalue weighted by Gasteiger charge is -2.24. The number of anilines is 1. The molecule has 3 rings (SSSR count). The summed E-state index contributed by atoms with van der Waals surface area (Å²) in [5, 5.41) is 8.88. The van der Waals surface area contributed by atoms with Gasteiger partial charge in [-0.2, -0.15) is 5.10 Å². The van der Waals surface area contributed by atoms with Crippen LogP contribution in [0.3, 0.4) is 0 Å². The summed E-state index contributed by atoms with van der Waals surface area (Å²) in [5.74, 6) is 1.22. The van der Waals surface area contributed by atoms with Crippen LogP contribution < -0.4 is 14.8 Å². The zero-order valence-corrected chi connectivity index (χ0v) is 16.9. The fourth-order valence-corrected chi connectivity index (χ4v) is 3.06. The number of carbonyl (C=O) groups excluding carboxylic acids is 2. The predicted octanol–water partition coefficient (Wildman–Crippen LogP) is 3.58. The minimum absolute atomic E-state index is 0.0161. The molecule has 0 unspecified atom stereocenters. The van der Waals surface area contributed by atoms with Gasteiger partial charge in [-0.3, -0.25) is 9.59 Å². The Morgan fingerprint density at radius 3 is 2.45 bits per heavy atom. The van der Waals surface area contributed by atoms with Gasteiger partial charge in [0.2, 0.25) is 11.8 Å². The van der Waals surface area contributed by atoms with Crippen LogP contribution in [0, 0.1) is 0 Å². The van der Waals surface area contributed by atoms with Crippen LogP contribution in [0.25, 0.3) is 0 Å². The molecule has 152 valence electrons. The number of rotatable bonds is 7. The van der Waals surface area contributed by atoms with E-state index in [1.165, 1.54) is 5.01 Å². The van der Waals surface area contributed by atoms with Gasteiger partial charge in [0, 0.05) is 30.5 Å². The maximum atomic E-state index is 12.4.